The molecule has 0 amide bonds. The molecule has 0 fully saturated rings. The van der Waals surface area contributed by atoms with Gasteiger partial charge in [-0.15, -0.1) is 6.58 Å². The first-order valence-corrected chi connectivity index (χ1v) is 9.19. The summed E-state index contributed by atoms with van der Waals surface area (Å²) >= 11 is 0. The number of hydrogen-bond donors (Lipinski definition) is 1. The molecule has 0 saturated heterocycles. The Morgan fingerprint density at radius 1 is 0.800 bits per heavy atom. The van der Waals surface area contributed by atoms with Gasteiger partial charge in [-0.25, -0.2) is 0 Å². The molecular weight excluding hydrogens is 242 g/mol. The van der Waals surface area contributed by atoms with Gasteiger partial charge in [-0.05, 0) is 32.2 Å². The highest BCUT2D eigenvalue weighted by atomic mass is 14.9. The van der Waals surface area contributed by atoms with Crippen LogP contribution in [0.4, 0.5) is 0 Å². The Hall–Kier alpha value is -0.300. The first-order valence-electron chi connectivity index (χ1n) is 9.19. The molecule has 0 saturated carbocycles. The summed E-state index contributed by atoms with van der Waals surface area (Å²) in [5, 5.41) is 3.68. The molecule has 1 atom stereocenters. The zero-order valence-corrected chi connectivity index (χ0v) is 14.3. The molecule has 0 heterocycles. The van der Waals surface area contributed by atoms with Crippen molar-refractivity contribution < 1.29 is 0 Å². The van der Waals surface area contributed by atoms with Crippen molar-refractivity contribution in [3.8, 4) is 0 Å². The zero-order valence-electron chi connectivity index (χ0n) is 14.3. The van der Waals surface area contributed by atoms with E-state index in [0.29, 0.717) is 0 Å². The Balaban J connectivity index is 3.40. The second kappa shape index (κ2) is 16.8. The summed E-state index contributed by atoms with van der Waals surface area (Å²) in [4.78, 5) is 0. The lowest BCUT2D eigenvalue weighted by molar-refractivity contribution is 0.432. The van der Waals surface area contributed by atoms with Gasteiger partial charge in [0.2, 0.25) is 0 Å². The standard InChI is InChI=1S/C19H39N/c1-4-7-9-10-11-12-13-14-15-17-19(16-8-5-2)20-18-6-3/h5,19-20H,2,4,6-18H2,1,3H3. The lowest BCUT2D eigenvalue weighted by atomic mass is 10.0. The highest BCUT2D eigenvalue weighted by Gasteiger charge is 2.05. The molecule has 0 aliphatic rings. The van der Waals surface area contributed by atoms with Crippen molar-refractivity contribution in [2.75, 3.05) is 6.54 Å². The molecule has 0 aromatic carbocycles. The Kier molecular flexibility index (Phi) is 16.5. The Bertz CT molecular complexity index is 188. The molecule has 0 spiro atoms. The van der Waals surface area contributed by atoms with E-state index in [4.69, 9.17) is 0 Å². The third kappa shape index (κ3) is 14.1. The summed E-state index contributed by atoms with van der Waals surface area (Å²) in [7, 11) is 0. The van der Waals surface area contributed by atoms with Crippen LogP contribution in [0.5, 0.6) is 0 Å². The van der Waals surface area contributed by atoms with E-state index in [1.165, 1.54) is 83.6 Å². The predicted octanol–water partition coefficient (Wildman–Crippen LogP) is 6.24. The maximum absolute atomic E-state index is 3.84. The van der Waals surface area contributed by atoms with Gasteiger partial charge in [0.15, 0.2) is 0 Å². The molecule has 1 unspecified atom stereocenters. The van der Waals surface area contributed by atoms with Crippen LogP contribution in [0.15, 0.2) is 12.7 Å². The smallest absolute Gasteiger partial charge is 0.00700 e. The minimum absolute atomic E-state index is 0.720. The molecule has 0 aliphatic heterocycles. The summed E-state index contributed by atoms with van der Waals surface area (Å²) < 4.78 is 0. The first kappa shape index (κ1) is 19.7. The van der Waals surface area contributed by atoms with Crippen LogP contribution in [0.3, 0.4) is 0 Å². The van der Waals surface area contributed by atoms with Crippen LogP contribution in [-0.4, -0.2) is 12.6 Å². The van der Waals surface area contributed by atoms with Gasteiger partial charge < -0.3 is 5.32 Å². The van der Waals surface area contributed by atoms with Gasteiger partial charge in [-0.3, -0.25) is 0 Å². The van der Waals surface area contributed by atoms with E-state index < -0.39 is 0 Å². The minimum Gasteiger partial charge on any atom is -0.314 e. The third-order valence-corrected chi connectivity index (χ3v) is 4.06. The molecule has 0 radical (unpaired) electrons. The van der Waals surface area contributed by atoms with E-state index in [0.717, 1.165) is 12.5 Å². The summed E-state index contributed by atoms with van der Waals surface area (Å²) in [5.74, 6) is 0. The van der Waals surface area contributed by atoms with Crippen LogP contribution in [0.1, 0.15) is 97.3 Å². The van der Waals surface area contributed by atoms with E-state index in [1.54, 1.807) is 0 Å². The van der Waals surface area contributed by atoms with Crippen LogP contribution in [0.25, 0.3) is 0 Å². The van der Waals surface area contributed by atoms with E-state index >= 15 is 0 Å². The minimum atomic E-state index is 0.720. The molecule has 0 aliphatic carbocycles. The molecule has 0 aromatic heterocycles. The van der Waals surface area contributed by atoms with Crippen molar-refractivity contribution in [2.24, 2.45) is 0 Å². The van der Waals surface area contributed by atoms with Gasteiger partial charge in [-0.2, -0.15) is 0 Å². The molecule has 1 nitrogen and oxygen atoms in total. The third-order valence-electron chi connectivity index (χ3n) is 4.06. The highest BCUT2D eigenvalue weighted by molar-refractivity contribution is 4.74. The van der Waals surface area contributed by atoms with Crippen molar-refractivity contribution >= 4 is 0 Å². The predicted molar refractivity (Wildman–Crippen MR) is 93.4 cm³/mol. The first-order chi connectivity index (χ1) is 9.85. The van der Waals surface area contributed by atoms with Gasteiger partial charge in [0.25, 0.3) is 0 Å². The number of rotatable bonds is 16. The van der Waals surface area contributed by atoms with E-state index in [1.807, 2.05) is 0 Å². The van der Waals surface area contributed by atoms with Crippen LogP contribution in [0.2, 0.25) is 0 Å². The largest absolute Gasteiger partial charge is 0.314 e. The van der Waals surface area contributed by atoms with Crippen molar-refractivity contribution in [2.45, 2.75) is 103 Å². The maximum atomic E-state index is 3.84. The van der Waals surface area contributed by atoms with Gasteiger partial charge in [-0.1, -0.05) is 77.7 Å². The second-order valence-corrected chi connectivity index (χ2v) is 6.13. The van der Waals surface area contributed by atoms with Crippen LogP contribution >= 0.6 is 0 Å². The molecule has 0 aromatic rings. The quantitative estimate of drug-likeness (QED) is 0.261. The number of nitrogens with one attached hydrogen (secondary N) is 1. The second-order valence-electron chi connectivity index (χ2n) is 6.13. The molecule has 1 N–H and O–H groups in total. The fourth-order valence-corrected chi connectivity index (χ4v) is 2.72. The Morgan fingerprint density at radius 2 is 1.40 bits per heavy atom. The summed E-state index contributed by atoms with van der Waals surface area (Å²) in [5.41, 5.74) is 0. The van der Waals surface area contributed by atoms with E-state index in [-0.39, 0.29) is 0 Å². The van der Waals surface area contributed by atoms with Crippen LogP contribution in [0, 0.1) is 0 Å². The van der Waals surface area contributed by atoms with Gasteiger partial charge >= 0.3 is 0 Å². The van der Waals surface area contributed by atoms with Gasteiger partial charge in [0.05, 0.1) is 0 Å². The van der Waals surface area contributed by atoms with E-state index in [2.05, 4.69) is 31.8 Å². The average Bonchev–Trinajstić information content (AvgIpc) is 2.47. The number of hydrogen-bond acceptors (Lipinski definition) is 1. The summed E-state index contributed by atoms with van der Waals surface area (Å²) in [6.07, 6.45) is 19.9. The monoisotopic (exact) mass is 281 g/mol. The molecule has 20 heavy (non-hydrogen) atoms. The van der Waals surface area contributed by atoms with Crippen molar-refractivity contribution in [3.63, 3.8) is 0 Å². The maximum Gasteiger partial charge on any atom is 0.00700 e. The molecular formula is C19H39N. The van der Waals surface area contributed by atoms with Gasteiger partial charge in [0.1, 0.15) is 0 Å². The fraction of sp³-hybridized carbons (Fsp3) is 0.895. The molecule has 1 heteroatoms. The zero-order chi connectivity index (χ0) is 14.9. The van der Waals surface area contributed by atoms with Crippen LogP contribution in [-0.2, 0) is 0 Å². The highest BCUT2D eigenvalue weighted by Crippen LogP contribution is 2.13. The van der Waals surface area contributed by atoms with Crippen molar-refractivity contribution in [3.05, 3.63) is 12.7 Å². The molecule has 120 valence electrons. The lowest BCUT2D eigenvalue weighted by Crippen LogP contribution is -2.29. The van der Waals surface area contributed by atoms with Crippen LogP contribution < -0.4 is 5.32 Å². The summed E-state index contributed by atoms with van der Waals surface area (Å²) in [6, 6.07) is 0.720. The Labute approximate surface area is 128 Å². The Morgan fingerprint density at radius 3 is 1.95 bits per heavy atom. The van der Waals surface area contributed by atoms with Crippen molar-refractivity contribution in [1.82, 2.24) is 5.32 Å². The van der Waals surface area contributed by atoms with Crippen molar-refractivity contribution in [1.29, 1.82) is 0 Å². The fourth-order valence-electron chi connectivity index (χ4n) is 2.72. The molecule has 0 bridgehead atoms. The normalized spacial score (nSPS) is 12.5. The summed E-state index contributed by atoms with van der Waals surface area (Å²) in [6.45, 7) is 9.54. The average molecular weight is 282 g/mol. The SMILES string of the molecule is C=CCCC(CCCCCCCCCCC)NCCC. The topological polar surface area (TPSA) is 12.0 Å². The lowest BCUT2D eigenvalue weighted by Gasteiger charge is -2.17. The molecule has 0 rings (SSSR count). The van der Waals surface area contributed by atoms with E-state index in [9.17, 15) is 0 Å². The van der Waals surface area contributed by atoms with Gasteiger partial charge in [0, 0.05) is 6.04 Å². The number of allylic oxidation sites excluding steroid dienone is 1. The number of unbranched alkanes of at least 4 members (excludes halogenated alkanes) is 8.